The Morgan fingerprint density at radius 2 is 1.80 bits per heavy atom. The molecule has 0 unspecified atom stereocenters. The zero-order valence-corrected chi connectivity index (χ0v) is 14.4. The third kappa shape index (κ3) is 4.02. The molecule has 0 aliphatic heterocycles. The van der Waals surface area contributed by atoms with Crippen molar-refractivity contribution in [1.29, 1.82) is 0 Å². The van der Waals surface area contributed by atoms with Gasteiger partial charge in [-0.3, -0.25) is 4.79 Å². The molecule has 0 aliphatic rings. The number of hydrogen-bond donors (Lipinski definition) is 2. The predicted molar refractivity (Wildman–Crippen MR) is 85.1 cm³/mol. The normalized spacial score (nSPS) is 11.8. The highest BCUT2D eigenvalue weighted by molar-refractivity contribution is 7.89. The Morgan fingerprint density at radius 1 is 1.16 bits per heavy atom. The molecule has 2 rings (SSSR count). The Bertz CT molecular complexity index is 924. The predicted octanol–water partition coefficient (Wildman–Crippen LogP) is 2.38. The largest absolute Gasteiger partial charge is 0.343 e. The van der Waals surface area contributed by atoms with Crippen LogP contribution in [0, 0.1) is 17.5 Å². The summed E-state index contributed by atoms with van der Waals surface area (Å²) in [4.78, 5) is 11.5. The average Bonchev–Trinajstić information content (AvgIpc) is 2.77. The van der Waals surface area contributed by atoms with Gasteiger partial charge in [0.2, 0.25) is 10.0 Å². The summed E-state index contributed by atoms with van der Waals surface area (Å²) in [6.07, 6.45) is 0.959. The van der Waals surface area contributed by atoms with E-state index in [0.717, 1.165) is 29.0 Å². The van der Waals surface area contributed by atoms with E-state index in [1.54, 1.807) is 13.8 Å². The van der Waals surface area contributed by atoms with Crippen molar-refractivity contribution in [2.75, 3.05) is 5.32 Å². The minimum Gasteiger partial charge on any atom is -0.343 e. The molecule has 0 atom stereocenters. The van der Waals surface area contributed by atoms with Crippen LogP contribution in [0.25, 0.3) is 0 Å². The van der Waals surface area contributed by atoms with Gasteiger partial charge in [0.15, 0.2) is 17.5 Å². The van der Waals surface area contributed by atoms with Crippen molar-refractivity contribution in [3.05, 3.63) is 47.5 Å². The number of aryl methyl sites for hydroxylation is 1. The second kappa shape index (κ2) is 6.89. The molecule has 2 N–H and O–H groups in total. The van der Waals surface area contributed by atoms with Gasteiger partial charge in [-0.1, -0.05) is 0 Å². The molecule has 1 amide bonds. The van der Waals surface area contributed by atoms with Crippen LogP contribution in [0.5, 0.6) is 0 Å². The third-order valence-corrected chi connectivity index (χ3v) is 4.81. The first-order valence-electron chi connectivity index (χ1n) is 7.16. The van der Waals surface area contributed by atoms with E-state index in [2.05, 4.69) is 10.0 Å². The third-order valence-electron chi connectivity index (χ3n) is 3.16. The van der Waals surface area contributed by atoms with E-state index in [4.69, 9.17) is 0 Å². The van der Waals surface area contributed by atoms with Crippen LogP contribution in [-0.2, 0) is 17.1 Å². The second-order valence-electron chi connectivity index (χ2n) is 5.63. The van der Waals surface area contributed by atoms with Crippen LogP contribution in [0.3, 0.4) is 0 Å². The molecule has 0 radical (unpaired) electrons. The van der Waals surface area contributed by atoms with E-state index in [-0.39, 0.29) is 5.69 Å². The smallest absolute Gasteiger partial charge is 0.275 e. The van der Waals surface area contributed by atoms with Crippen LogP contribution < -0.4 is 10.0 Å². The van der Waals surface area contributed by atoms with Gasteiger partial charge in [0.1, 0.15) is 10.6 Å². The number of nitrogens with one attached hydrogen (secondary N) is 2. The fourth-order valence-corrected chi connectivity index (χ4v) is 3.53. The molecular formula is C15H16F3N3O3S. The van der Waals surface area contributed by atoms with Crippen LogP contribution >= 0.6 is 0 Å². The summed E-state index contributed by atoms with van der Waals surface area (Å²) in [5, 5.41) is 2.19. The lowest BCUT2D eigenvalue weighted by Gasteiger charge is -2.08. The van der Waals surface area contributed by atoms with E-state index < -0.39 is 50.0 Å². The highest BCUT2D eigenvalue weighted by Gasteiger charge is 2.29. The van der Waals surface area contributed by atoms with Crippen LogP contribution in [0.15, 0.2) is 29.3 Å². The van der Waals surface area contributed by atoms with Crippen molar-refractivity contribution < 1.29 is 26.4 Å². The maximum absolute atomic E-state index is 14.5. The van der Waals surface area contributed by atoms with Crippen LogP contribution in [0.1, 0.15) is 24.3 Å². The number of nitrogens with zero attached hydrogens (tertiary/aromatic N) is 1. The molecule has 0 aliphatic carbocycles. The van der Waals surface area contributed by atoms with Gasteiger partial charge in [0.25, 0.3) is 5.91 Å². The maximum atomic E-state index is 14.5. The van der Waals surface area contributed by atoms with Gasteiger partial charge >= 0.3 is 0 Å². The molecule has 10 heteroatoms. The van der Waals surface area contributed by atoms with E-state index in [0.29, 0.717) is 0 Å². The van der Waals surface area contributed by atoms with Crippen LogP contribution in [-0.4, -0.2) is 24.9 Å². The number of hydrogen-bond acceptors (Lipinski definition) is 3. The Labute approximate surface area is 142 Å². The lowest BCUT2D eigenvalue weighted by atomic mass is 10.3. The highest BCUT2D eigenvalue weighted by Crippen LogP contribution is 2.22. The Balaban J connectivity index is 2.36. The molecular weight excluding hydrogens is 359 g/mol. The molecule has 6 nitrogen and oxygen atoms in total. The first-order chi connectivity index (χ1) is 11.5. The van der Waals surface area contributed by atoms with Gasteiger partial charge in [-0.05, 0) is 26.0 Å². The Kier molecular flexibility index (Phi) is 5.23. The molecule has 0 saturated heterocycles. The van der Waals surface area contributed by atoms with E-state index in [1.807, 2.05) is 0 Å². The van der Waals surface area contributed by atoms with Crippen molar-refractivity contribution >= 4 is 21.6 Å². The minimum absolute atomic E-state index is 0.103. The summed E-state index contributed by atoms with van der Waals surface area (Å²) in [7, 11) is -2.86. The zero-order chi connectivity index (χ0) is 18.9. The van der Waals surface area contributed by atoms with Crippen LogP contribution in [0.2, 0.25) is 0 Å². The average molecular weight is 375 g/mol. The number of anilines is 1. The summed E-state index contributed by atoms with van der Waals surface area (Å²) in [5.74, 6) is -4.53. The molecule has 1 aromatic heterocycles. The number of sulfonamides is 1. The summed E-state index contributed by atoms with van der Waals surface area (Å²) < 4.78 is 68.0. The molecule has 0 bridgehead atoms. The van der Waals surface area contributed by atoms with Gasteiger partial charge in [-0.15, -0.1) is 0 Å². The fourth-order valence-electron chi connectivity index (χ4n) is 2.15. The monoisotopic (exact) mass is 375 g/mol. The van der Waals surface area contributed by atoms with Crippen molar-refractivity contribution in [2.24, 2.45) is 7.05 Å². The van der Waals surface area contributed by atoms with Crippen molar-refractivity contribution in [2.45, 2.75) is 24.8 Å². The highest BCUT2D eigenvalue weighted by atomic mass is 32.2. The van der Waals surface area contributed by atoms with Crippen molar-refractivity contribution in [3.63, 3.8) is 0 Å². The molecule has 1 heterocycles. The topological polar surface area (TPSA) is 80.2 Å². The number of halogens is 3. The summed E-state index contributed by atoms with van der Waals surface area (Å²) in [6, 6.07) is 2.15. The number of rotatable bonds is 5. The van der Waals surface area contributed by atoms with Gasteiger partial charge in [0.05, 0.1) is 0 Å². The number of carbonyl (C=O) groups excluding carboxylic acids is 1. The Morgan fingerprint density at radius 3 is 2.36 bits per heavy atom. The fraction of sp³-hybridized carbons (Fsp3) is 0.267. The lowest BCUT2D eigenvalue weighted by molar-refractivity contribution is 0.101. The first-order valence-corrected chi connectivity index (χ1v) is 8.64. The molecule has 136 valence electrons. The van der Waals surface area contributed by atoms with Crippen LogP contribution in [0.4, 0.5) is 18.9 Å². The maximum Gasteiger partial charge on any atom is 0.275 e. The van der Waals surface area contributed by atoms with Gasteiger partial charge in [-0.25, -0.2) is 26.3 Å². The minimum atomic E-state index is -4.15. The summed E-state index contributed by atoms with van der Waals surface area (Å²) >= 11 is 0. The summed E-state index contributed by atoms with van der Waals surface area (Å²) in [5.41, 5.74) is -0.664. The van der Waals surface area contributed by atoms with Gasteiger partial charge in [-0.2, -0.15) is 0 Å². The first kappa shape index (κ1) is 19.0. The molecule has 0 spiro atoms. The van der Waals surface area contributed by atoms with Gasteiger partial charge in [0, 0.05) is 31.0 Å². The number of benzene rings is 1. The lowest BCUT2D eigenvalue weighted by Crippen LogP contribution is -2.30. The molecule has 2 aromatic rings. The number of amides is 1. The molecule has 1 aromatic carbocycles. The summed E-state index contributed by atoms with van der Waals surface area (Å²) in [6.45, 7) is 3.13. The molecule has 0 fully saturated rings. The zero-order valence-electron chi connectivity index (χ0n) is 13.6. The van der Waals surface area contributed by atoms with Gasteiger partial charge < -0.3 is 9.88 Å². The Hall–Kier alpha value is -2.33. The van der Waals surface area contributed by atoms with E-state index in [9.17, 15) is 26.4 Å². The van der Waals surface area contributed by atoms with E-state index in [1.165, 1.54) is 7.05 Å². The number of carbonyl (C=O) groups is 1. The number of aromatic nitrogens is 1. The SMILES string of the molecule is CC(C)NS(=O)(=O)c1cn(C)c(C(=O)Nc2ccc(F)c(F)c2)c1F. The molecule has 25 heavy (non-hydrogen) atoms. The standard InChI is InChI=1S/C15H16F3N3O3S/c1-8(2)20-25(23,24)12-7-21(3)14(13(12)18)15(22)19-9-4-5-10(16)11(17)6-9/h4-8,20H,1-3H3,(H,19,22). The van der Waals surface area contributed by atoms with Crippen molar-refractivity contribution in [1.82, 2.24) is 9.29 Å². The van der Waals surface area contributed by atoms with E-state index >= 15 is 0 Å². The second-order valence-corrected chi connectivity index (χ2v) is 7.31. The molecule has 0 saturated carbocycles. The van der Waals surface area contributed by atoms with Crippen molar-refractivity contribution in [3.8, 4) is 0 Å². The quantitative estimate of drug-likeness (QED) is 0.842.